The summed E-state index contributed by atoms with van der Waals surface area (Å²) in [4.78, 5) is 28.8. The zero-order valence-electron chi connectivity index (χ0n) is 20.3. The molecule has 3 aromatic carbocycles. The van der Waals surface area contributed by atoms with E-state index in [9.17, 15) is 9.59 Å². The minimum absolute atomic E-state index is 0.264. The van der Waals surface area contributed by atoms with Gasteiger partial charge in [-0.3, -0.25) is 14.6 Å². The van der Waals surface area contributed by atoms with Crippen LogP contribution in [0.25, 0.3) is 10.8 Å². The number of rotatable bonds is 6. The minimum Gasteiger partial charge on any atom is -0.489 e. The molecule has 1 aromatic heterocycles. The van der Waals surface area contributed by atoms with Gasteiger partial charge in [0.25, 0.3) is 5.91 Å². The highest BCUT2D eigenvalue weighted by Crippen LogP contribution is 2.33. The van der Waals surface area contributed by atoms with Crippen molar-refractivity contribution in [3.63, 3.8) is 0 Å². The number of hydrogen-bond donors (Lipinski definition) is 1. The molecule has 4 aromatic rings. The molecule has 0 aliphatic carbocycles. The molecule has 0 unspecified atom stereocenters. The number of anilines is 1. The molecule has 0 atom stereocenters. The summed E-state index contributed by atoms with van der Waals surface area (Å²) in [5.41, 5.74) is 2.54. The van der Waals surface area contributed by atoms with Crippen molar-refractivity contribution in [2.45, 2.75) is 39.7 Å². The monoisotopic (exact) mass is 468 g/mol. The standard InChI is InChI=1S/C29H28N2O4/c1-19(32)35-27-13-12-20(14-26(27)29(2,3)4)28(33)31-23-9-7-10-24(15-23)34-18-22-17-30-16-21-8-5-6-11-25(21)22/h5-17H,18H2,1-4H3,(H,31,33). The van der Waals surface area contributed by atoms with Crippen molar-refractivity contribution >= 4 is 28.3 Å². The fourth-order valence-corrected chi connectivity index (χ4v) is 3.82. The average Bonchev–Trinajstić information content (AvgIpc) is 2.82. The Balaban J connectivity index is 1.49. The zero-order valence-corrected chi connectivity index (χ0v) is 20.3. The van der Waals surface area contributed by atoms with Crippen molar-refractivity contribution in [3.8, 4) is 11.5 Å². The van der Waals surface area contributed by atoms with Crippen LogP contribution in [0, 0.1) is 0 Å². The quantitative estimate of drug-likeness (QED) is 0.266. The van der Waals surface area contributed by atoms with Crippen molar-refractivity contribution < 1.29 is 19.1 Å². The van der Waals surface area contributed by atoms with Gasteiger partial charge in [0.2, 0.25) is 0 Å². The molecule has 6 heteroatoms. The first-order valence-corrected chi connectivity index (χ1v) is 11.4. The Morgan fingerprint density at radius 2 is 1.74 bits per heavy atom. The molecular formula is C29H28N2O4. The fourth-order valence-electron chi connectivity index (χ4n) is 3.82. The molecule has 6 nitrogen and oxygen atoms in total. The smallest absolute Gasteiger partial charge is 0.308 e. The highest BCUT2D eigenvalue weighted by molar-refractivity contribution is 6.04. The largest absolute Gasteiger partial charge is 0.489 e. The van der Waals surface area contributed by atoms with Crippen molar-refractivity contribution in [2.24, 2.45) is 0 Å². The Morgan fingerprint density at radius 1 is 0.943 bits per heavy atom. The molecule has 0 bridgehead atoms. The summed E-state index contributed by atoms with van der Waals surface area (Å²) >= 11 is 0. The summed E-state index contributed by atoms with van der Waals surface area (Å²) in [6.45, 7) is 7.73. The lowest BCUT2D eigenvalue weighted by Crippen LogP contribution is -2.18. The van der Waals surface area contributed by atoms with E-state index < -0.39 is 5.97 Å². The number of carbonyl (C=O) groups is 2. The summed E-state index contributed by atoms with van der Waals surface area (Å²) in [6.07, 6.45) is 3.64. The van der Waals surface area contributed by atoms with Crippen LogP contribution < -0.4 is 14.8 Å². The van der Waals surface area contributed by atoms with Crippen LogP contribution in [0.1, 0.15) is 49.2 Å². The normalized spacial score (nSPS) is 11.2. The number of nitrogens with one attached hydrogen (secondary N) is 1. The number of esters is 1. The second-order valence-corrected chi connectivity index (χ2v) is 9.34. The van der Waals surface area contributed by atoms with E-state index in [0.29, 0.717) is 29.4 Å². The van der Waals surface area contributed by atoms with Crippen molar-refractivity contribution in [1.82, 2.24) is 4.98 Å². The van der Waals surface area contributed by atoms with Gasteiger partial charge in [0.1, 0.15) is 18.1 Å². The van der Waals surface area contributed by atoms with Crippen LogP contribution in [0.4, 0.5) is 5.69 Å². The molecular weight excluding hydrogens is 440 g/mol. The van der Waals surface area contributed by atoms with Gasteiger partial charge in [0.15, 0.2) is 0 Å². The van der Waals surface area contributed by atoms with Gasteiger partial charge < -0.3 is 14.8 Å². The van der Waals surface area contributed by atoms with Crippen molar-refractivity contribution in [1.29, 1.82) is 0 Å². The molecule has 0 aliphatic rings. The zero-order chi connectivity index (χ0) is 25.0. The third-order valence-corrected chi connectivity index (χ3v) is 5.54. The van der Waals surface area contributed by atoms with E-state index in [4.69, 9.17) is 9.47 Å². The second-order valence-electron chi connectivity index (χ2n) is 9.34. The number of fused-ring (bicyclic) bond motifs is 1. The topological polar surface area (TPSA) is 77.5 Å². The minimum atomic E-state index is -0.399. The van der Waals surface area contributed by atoms with Gasteiger partial charge in [-0.25, -0.2) is 0 Å². The Morgan fingerprint density at radius 3 is 2.51 bits per heavy atom. The van der Waals surface area contributed by atoms with E-state index in [1.807, 2.05) is 69.4 Å². The first kappa shape index (κ1) is 24.0. The van der Waals surface area contributed by atoms with Crippen LogP contribution in [0.5, 0.6) is 11.5 Å². The van der Waals surface area contributed by atoms with E-state index >= 15 is 0 Å². The third-order valence-electron chi connectivity index (χ3n) is 5.54. The maximum absolute atomic E-state index is 13.0. The maximum Gasteiger partial charge on any atom is 0.308 e. The molecule has 178 valence electrons. The summed E-state index contributed by atoms with van der Waals surface area (Å²) in [5.74, 6) is 0.431. The lowest BCUT2D eigenvalue weighted by Gasteiger charge is -2.22. The molecule has 1 heterocycles. The van der Waals surface area contributed by atoms with E-state index in [1.54, 1.807) is 30.5 Å². The van der Waals surface area contributed by atoms with E-state index in [1.165, 1.54) is 6.92 Å². The number of carbonyl (C=O) groups excluding carboxylic acids is 2. The Hall–Kier alpha value is -4.19. The maximum atomic E-state index is 13.0. The van der Waals surface area contributed by atoms with Gasteiger partial charge in [-0.2, -0.15) is 0 Å². The third kappa shape index (κ3) is 5.84. The van der Waals surface area contributed by atoms with E-state index in [-0.39, 0.29) is 11.3 Å². The van der Waals surface area contributed by atoms with Crippen molar-refractivity contribution in [2.75, 3.05) is 5.32 Å². The molecule has 0 fully saturated rings. The second kappa shape index (κ2) is 9.97. The average molecular weight is 469 g/mol. The Labute approximate surface area is 204 Å². The predicted octanol–water partition coefficient (Wildman–Crippen LogP) is 6.29. The number of ether oxygens (including phenoxy) is 2. The molecule has 0 aliphatic heterocycles. The fraction of sp³-hybridized carbons (Fsp3) is 0.207. The van der Waals surface area contributed by atoms with Gasteiger partial charge in [-0.1, -0.05) is 51.1 Å². The first-order chi connectivity index (χ1) is 16.7. The van der Waals surface area contributed by atoms with Crippen LogP contribution in [-0.2, 0) is 16.8 Å². The molecule has 35 heavy (non-hydrogen) atoms. The molecule has 4 rings (SSSR count). The van der Waals surface area contributed by atoms with Gasteiger partial charge in [-0.15, -0.1) is 0 Å². The number of aromatic nitrogens is 1. The lowest BCUT2D eigenvalue weighted by atomic mass is 9.85. The highest BCUT2D eigenvalue weighted by atomic mass is 16.5. The molecule has 0 saturated carbocycles. The highest BCUT2D eigenvalue weighted by Gasteiger charge is 2.22. The number of pyridine rings is 1. The summed E-state index contributed by atoms with van der Waals surface area (Å²) in [6, 6.07) is 20.4. The van der Waals surface area contributed by atoms with Gasteiger partial charge in [0, 0.05) is 53.1 Å². The van der Waals surface area contributed by atoms with E-state index in [0.717, 1.165) is 21.9 Å². The van der Waals surface area contributed by atoms with Crippen LogP contribution >= 0.6 is 0 Å². The van der Waals surface area contributed by atoms with Gasteiger partial charge >= 0.3 is 5.97 Å². The molecule has 1 N–H and O–H groups in total. The SMILES string of the molecule is CC(=O)Oc1ccc(C(=O)Nc2cccc(OCc3cncc4ccccc34)c2)cc1C(C)(C)C. The van der Waals surface area contributed by atoms with Gasteiger partial charge in [0.05, 0.1) is 0 Å². The van der Waals surface area contributed by atoms with Gasteiger partial charge in [-0.05, 0) is 41.1 Å². The Bertz CT molecular complexity index is 1380. The summed E-state index contributed by atoms with van der Waals surface area (Å²) in [5, 5.41) is 5.08. The number of benzene rings is 3. The first-order valence-electron chi connectivity index (χ1n) is 11.4. The van der Waals surface area contributed by atoms with E-state index in [2.05, 4.69) is 10.3 Å². The summed E-state index contributed by atoms with van der Waals surface area (Å²) in [7, 11) is 0. The van der Waals surface area contributed by atoms with Crippen molar-refractivity contribution in [3.05, 3.63) is 95.8 Å². The molecule has 0 saturated heterocycles. The number of amides is 1. The number of hydrogen-bond acceptors (Lipinski definition) is 5. The van der Waals surface area contributed by atoms with Crippen LogP contribution in [-0.4, -0.2) is 16.9 Å². The Kier molecular flexibility index (Phi) is 6.82. The summed E-state index contributed by atoms with van der Waals surface area (Å²) < 4.78 is 11.3. The number of nitrogens with zero attached hydrogens (tertiary/aromatic N) is 1. The van der Waals surface area contributed by atoms with Crippen LogP contribution in [0.2, 0.25) is 0 Å². The lowest BCUT2D eigenvalue weighted by molar-refractivity contribution is -0.131. The molecule has 1 amide bonds. The molecule has 0 spiro atoms. The predicted molar refractivity (Wildman–Crippen MR) is 137 cm³/mol. The van der Waals surface area contributed by atoms with Crippen LogP contribution in [0.3, 0.4) is 0 Å². The molecule has 0 radical (unpaired) electrons. The van der Waals surface area contributed by atoms with Crippen LogP contribution in [0.15, 0.2) is 79.1 Å².